The number of anilines is 1. The minimum atomic E-state index is -3.50. The van der Waals surface area contributed by atoms with Gasteiger partial charge in [-0.15, -0.1) is 0 Å². The number of fused-ring (bicyclic) bond motifs is 1. The second kappa shape index (κ2) is 5.93. The number of benzene rings is 1. The Kier molecular flexibility index (Phi) is 4.45. The van der Waals surface area contributed by atoms with Gasteiger partial charge in [-0.1, -0.05) is 26.7 Å². The van der Waals surface area contributed by atoms with Gasteiger partial charge in [0.2, 0.25) is 15.9 Å². The zero-order valence-corrected chi connectivity index (χ0v) is 12.6. The molecule has 6 heteroatoms. The number of carbonyl (C=O) groups is 1. The monoisotopic (exact) mass is 296 g/mol. The van der Waals surface area contributed by atoms with E-state index in [0.717, 1.165) is 18.4 Å². The van der Waals surface area contributed by atoms with E-state index in [1.165, 1.54) is 6.07 Å². The molecule has 2 rings (SSSR count). The average molecular weight is 296 g/mol. The maximum absolute atomic E-state index is 12.2. The molecule has 0 spiro atoms. The molecule has 2 N–H and O–H groups in total. The molecule has 0 atom stereocenters. The summed E-state index contributed by atoms with van der Waals surface area (Å²) >= 11 is 0. The summed E-state index contributed by atoms with van der Waals surface area (Å²) in [4.78, 5) is 11.5. The largest absolute Gasteiger partial charge is 0.326 e. The molecule has 0 radical (unpaired) electrons. The first kappa shape index (κ1) is 15.0. The minimum absolute atomic E-state index is 0.0977. The second-order valence-corrected chi connectivity index (χ2v) is 6.85. The van der Waals surface area contributed by atoms with Gasteiger partial charge < -0.3 is 5.32 Å². The van der Waals surface area contributed by atoms with Crippen LogP contribution in [0.1, 0.15) is 32.3 Å². The van der Waals surface area contributed by atoms with Crippen molar-refractivity contribution in [1.82, 2.24) is 4.72 Å². The van der Waals surface area contributed by atoms with Crippen molar-refractivity contribution in [2.24, 2.45) is 5.92 Å². The number of hydrogen-bond acceptors (Lipinski definition) is 3. The summed E-state index contributed by atoms with van der Waals surface area (Å²) in [5.74, 6) is 0.252. The van der Waals surface area contributed by atoms with E-state index in [-0.39, 0.29) is 17.2 Å². The molecule has 5 nitrogen and oxygen atoms in total. The Morgan fingerprint density at radius 1 is 1.30 bits per heavy atom. The summed E-state index contributed by atoms with van der Waals surface area (Å²) in [5, 5.41) is 2.69. The first-order valence-electron chi connectivity index (χ1n) is 6.88. The topological polar surface area (TPSA) is 75.3 Å². The lowest BCUT2D eigenvalue weighted by Gasteiger charge is -2.14. The molecule has 20 heavy (non-hydrogen) atoms. The van der Waals surface area contributed by atoms with Crippen molar-refractivity contribution in [2.75, 3.05) is 11.9 Å². The Hall–Kier alpha value is -1.40. The molecule has 1 heterocycles. The molecule has 110 valence electrons. The van der Waals surface area contributed by atoms with Crippen LogP contribution in [0, 0.1) is 5.92 Å². The third-order valence-electron chi connectivity index (χ3n) is 3.73. The summed E-state index contributed by atoms with van der Waals surface area (Å²) in [6.07, 6.45) is 2.13. The average Bonchev–Trinajstić information content (AvgIpc) is 2.78. The SMILES string of the molecule is CCC(CC)CNS(=O)(=O)c1ccc2c(c1)CC(=O)N2. The number of amides is 1. The Morgan fingerprint density at radius 2 is 2.00 bits per heavy atom. The lowest BCUT2D eigenvalue weighted by Crippen LogP contribution is -2.29. The highest BCUT2D eigenvalue weighted by Crippen LogP contribution is 2.25. The lowest BCUT2D eigenvalue weighted by atomic mass is 10.0. The van der Waals surface area contributed by atoms with Crippen LogP contribution in [0.2, 0.25) is 0 Å². The molecule has 0 aliphatic carbocycles. The second-order valence-electron chi connectivity index (χ2n) is 5.08. The predicted molar refractivity (Wildman–Crippen MR) is 78.0 cm³/mol. The summed E-state index contributed by atoms with van der Waals surface area (Å²) in [6, 6.07) is 4.74. The van der Waals surface area contributed by atoms with Crippen molar-refractivity contribution in [3.05, 3.63) is 23.8 Å². The van der Waals surface area contributed by atoms with Crippen LogP contribution in [0.3, 0.4) is 0 Å². The van der Waals surface area contributed by atoms with Crippen LogP contribution < -0.4 is 10.0 Å². The summed E-state index contributed by atoms with van der Waals surface area (Å²) < 4.78 is 27.1. The van der Waals surface area contributed by atoms with Gasteiger partial charge in [-0.25, -0.2) is 13.1 Å². The van der Waals surface area contributed by atoms with Crippen molar-refractivity contribution >= 4 is 21.6 Å². The number of nitrogens with one attached hydrogen (secondary N) is 2. The van der Waals surface area contributed by atoms with Crippen molar-refractivity contribution in [3.63, 3.8) is 0 Å². The maximum Gasteiger partial charge on any atom is 0.240 e. The van der Waals surface area contributed by atoms with E-state index in [1.54, 1.807) is 12.1 Å². The fourth-order valence-electron chi connectivity index (χ4n) is 2.26. The highest BCUT2D eigenvalue weighted by Gasteiger charge is 2.22. The summed E-state index contributed by atoms with van der Waals surface area (Å²) in [5.41, 5.74) is 1.44. The van der Waals surface area contributed by atoms with E-state index in [4.69, 9.17) is 0 Å². The van der Waals surface area contributed by atoms with Crippen molar-refractivity contribution < 1.29 is 13.2 Å². The van der Waals surface area contributed by atoms with E-state index in [0.29, 0.717) is 18.2 Å². The lowest BCUT2D eigenvalue weighted by molar-refractivity contribution is -0.115. The molecule has 0 saturated heterocycles. The first-order chi connectivity index (χ1) is 9.46. The summed E-state index contributed by atoms with van der Waals surface area (Å²) in [6.45, 7) is 4.55. The zero-order chi connectivity index (χ0) is 14.8. The van der Waals surface area contributed by atoms with Crippen LogP contribution in [-0.2, 0) is 21.2 Å². The van der Waals surface area contributed by atoms with Gasteiger partial charge in [0.1, 0.15) is 0 Å². The third kappa shape index (κ3) is 3.19. The van der Waals surface area contributed by atoms with E-state index < -0.39 is 10.0 Å². The van der Waals surface area contributed by atoms with E-state index in [1.807, 2.05) is 0 Å². The fourth-order valence-corrected chi connectivity index (χ4v) is 3.43. The van der Waals surface area contributed by atoms with Gasteiger partial charge in [0.25, 0.3) is 0 Å². The normalized spacial score (nSPS) is 14.4. The summed E-state index contributed by atoms with van der Waals surface area (Å²) in [7, 11) is -3.50. The third-order valence-corrected chi connectivity index (χ3v) is 5.15. The van der Waals surface area contributed by atoms with Gasteiger partial charge >= 0.3 is 0 Å². The Labute approximate surface area is 119 Å². The van der Waals surface area contributed by atoms with E-state index in [2.05, 4.69) is 23.9 Å². The van der Waals surface area contributed by atoms with Gasteiger partial charge in [0, 0.05) is 12.2 Å². The van der Waals surface area contributed by atoms with Crippen LogP contribution in [0.4, 0.5) is 5.69 Å². The molecule has 1 aliphatic rings. The number of sulfonamides is 1. The molecular formula is C14H20N2O3S. The highest BCUT2D eigenvalue weighted by atomic mass is 32.2. The molecule has 0 fully saturated rings. The molecule has 0 saturated carbocycles. The fraction of sp³-hybridized carbons (Fsp3) is 0.500. The van der Waals surface area contributed by atoms with Gasteiger partial charge in [-0.3, -0.25) is 4.79 Å². The van der Waals surface area contributed by atoms with Crippen molar-refractivity contribution in [1.29, 1.82) is 0 Å². The van der Waals surface area contributed by atoms with Gasteiger partial charge in [0.15, 0.2) is 0 Å². The van der Waals surface area contributed by atoms with Crippen LogP contribution in [0.5, 0.6) is 0 Å². The molecule has 0 bridgehead atoms. The number of hydrogen-bond donors (Lipinski definition) is 2. The molecule has 0 aromatic heterocycles. The maximum atomic E-state index is 12.2. The van der Waals surface area contributed by atoms with E-state index in [9.17, 15) is 13.2 Å². The van der Waals surface area contributed by atoms with Gasteiger partial charge in [0.05, 0.1) is 11.3 Å². The van der Waals surface area contributed by atoms with Gasteiger partial charge in [-0.2, -0.15) is 0 Å². The predicted octanol–water partition coefficient (Wildman–Crippen LogP) is 1.90. The van der Waals surface area contributed by atoms with Gasteiger partial charge in [-0.05, 0) is 29.7 Å². The standard InChI is InChI=1S/C14H20N2O3S/c1-3-10(4-2)9-15-20(18,19)12-5-6-13-11(7-12)8-14(17)16-13/h5-7,10,15H,3-4,8-9H2,1-2H3,(H,16,17). The molecule has 0 unspecified atom stereocenters. The van der Waals surface area contributed by atoms with Crippen molar-refractivity contribution in [2.45, 2.75) is 38.0 Å². The Morgan fingerprint density at radius 3 is 2.65 bits per heavy atom. The van der Waals surface area contributed by atoms with Crippen molar-refractivity contribution in [3.8, 4) is 0 Å². The van der Waals surface area contributed by atoms with Crippen LogP contribution in [-0.4, -0.2) is 20.9 Å². The first-order valence-corrected chi connectivity index (χ1v) is 8.37. The quantitative estimate of drug-likeness (QED) is 0.842. The van der Waals surface area contributed by atoms with E-state index >= 15 is 0 Å². The molecule has 1 amide bonds. The van der Waals surface area contributed by atoms with Crippen LogP contribution >= 0.6 is 0 Å². The smallest absolute Gasteiger partial charge is 0.240 e. The Balaban J connectivity index is 2.14. The molecule has 1 aromatic carbocycles. The van der Waals surface area contributed by atoms with Crippen LogP contribution in [0.15, 0.2) is 23.1 Å². The highest BCUT2D eigenvalue weighted by molar-refractivity contribution is 7.89. The molecule has 1 aromatic rings. The molecular weight excluding hydrogens is 276 g/mol. The Bertz CT molecular complexity index is 607. The number of carbonyl (C=O) groups excluding carboxylic acids is 1. The number of rotatable bonds is 6. The zero-order valence-electron chi connectivity index (χ0n) is 11.8. The minimum Gasteiger partial charge on any atom is -0.326 e. The van der Waals surface area contributed by atoms with Crippen LogP contribution in [0.25, 0.3) is 0 Å². The molecule has 1 aliphatic heterocycles.